The van der Waals surface area contributed by atoms with Gasteiger partial charge in [0.05, 0.1) is 22.4 Å². The standard InChI is InChI=1S/C29H31ClF2N4OS.C7H12FN/c1-4-5-10-23(37-3)35-29(36-13-8-6-7-9-14-36)19-15-21(30)25(26(32)17(19)2)18-11-12-22(31)27-24(18)20(16-33)28(34)38-27;8-6-4-7-2-1-3-9(7)5-6/h10-12,15H,4-9,13-14,34H2,1-3H3;6-7H,1-5H2/b23-10-,35-29+;. The van der Waals surface area contributed by atoms with Crippen molar-refractivity contribution >= 4 is 43.9 Å². The Morgan fingerprint density at radius 1 is 1.19 bits per heavy atom. The number of nitrogens with zero attached hydrogens (tertiary/aromatic N) is 4. The number of halogens is 4. The van der Waals surface area contributed by atoms with Gasteiger partial charge in [-0.3, -0.25) is 4.90 Å². The third-order valence-electron chi connectivity index (χ3n) is 9.30. The highest BCUT2D eigenvalue weighted by Crippen LogP contribution is 2.44. The molecule has 1 aromatic heterocycles. The predicted molar refractivity (Wildman–Crippen MR) is 187 cm³/mol. The average molecular weight is 686 g/mol. The summed E-state index contributed by atoms with van der Waals surface area (Å²) in [4.78, 5) is 9.31. The highest BCUT2D eigenvalue weighted by molar-refractivity contribution is 7.23. The van der Waals surface area contributed by atoms with Gasteiger partial charge in [-0.25, -0.2) is 13.2 Å². The molecule has 2 N–H and O–H groups in total. The van der Waals surface area contributed by atoms with E-state index in [1.807, 2.05) is 12.1 Å². The van der Waals surface area contributed by atoms with Crippen molar-refractivity contribution in [2.45, 2.75) is 83.8 Å². The molecule has 3 aromatic rings. The Kier molecular flexibility index (Phi) is 11.8. The normalized spacial score (nSPS) is 20.5. The van der Waals surface area contributed by atoms with Crippen LogP contribution in [0.15, 0.2) is 35.2 Å². The first-order valence-corrected chi connectivity index (χ1v) is 17.7. The molecule has 6 rings (SSSR count). The molecule has 4 heterocycles. The van der Waals surface area contributed by atoms with Gasteiger partial charge in [-0.1, -0.05) is 43.9 Å². The minimum absolute atomic E-state index is 0.107. The number of fused-ring (bicyclic) bond motifs is 2. The van der Waals surface area contributed by atoms with E-state index < -0.39 is 17.8 Å². The van der Waals surface area contributed by atoms with Crippen LogP contribution in [0, 0.1) is 29.9 Å². The monoisotopic (exact) mass is 685 g/mol. The third-order valence-corrected chi connectivity index (χ3v) is 10.6. The number of rotatable bonds is 6. The van der Waals surface area contributed by atoms with E-state index in [4.69, 9.17) is 27.1 Å². The van der Waals surface area contributed by atoms with Crippen molar-refractivity contribution in [2.75, 3.05) is 39.0 Å². The van der Waals surface area contributed by atoms with Gasteiger partial charge in [0.15, 0.2) is 0 Å². The van der Waals surface area contributed by atoms with Crippen LogP contribution in [-0.2, 0) is 4.74 Å². The summed E-state index contributed by atoms with van der Waals surface area (Å²) in [6, 6.07) is 7.07. The van der Waals surface area contributed by atoms with Crippen LogP contribution < -0.4 is 5.73 Å². The Balaban J connectivity index is 0.000000410. The van der Waals surface area contributed by atoms with Gasteiger partial charge in [-0.05, 0) is 81.3 Å². The van der Waals surface area contributed by atoms with Gasteiger partial charge < -0.3 is 15.4 Å². The Morgan fingerprint density at radius 2 is 1.94 bits per heavy atom. The molecule has 3 saturated heterocycles. The summed E-state index contributed by atoms with van der Waals surface area (Å²) in [6.07, 6.45) is 10.8. The van der Waals surface area contributed by atoms with Crippen LogP contribution in [0.4, 0.5) is 18.2 Å². The number of anilines is 1. The number of hydrogen-bond donors (Lipinski definition) is 1. The van der Waals surface area contributed by atoms with Crippen molar-refractivity contribution in [3.63, 3.8) is 0 Å². The number of thiophene rings is 1. The number of hydrogen-bond acceptors (Lipinski definition) is 6. The number of benzene rings is 2. The molecule has 3 aliphatic heterocycles. The number of amidine groups is 1. The molecule has 0 radical (unpaired) electrons. The van der Waals surface area contributed by atoms with Crippen molar-refractivity contribution < 1.29 is 17.9 Å². The van der Waals surface area contributed by atoms with Crippen LogP contribution in [0.25, 0.3) is 21.2 Å². The fourth-order valence-electron chi connectivity index (χ4n) is 6.86. The molecule has 0 bridgehead atoms. The van der Waals surface area contributed by atoms with E-state index in [0.717, 1.165) is 75.9 Å². The third kappa shape index (κ3) is 7.58. The van der Waals surface area contributed by atoms with Gasteiger partial charge in [-0.15, -0.1) is 11.3 Å². The fourth-order valence-corrected chi connectivity index (χ4v) is 8.11. The molecular formula is C36H43ClF3N5OS. The van der Waals surface area contributed by atoms with E-state index in [-0.39, 0.29) is 31.2 Å². The second kappa shape index (κ2) is 15.8. The lowest BCUT2D eigenvalue weighted by Crippen LogP contribution is -2.33. The van der Waals surface area contributed by atoms with E-state index >= 15 is 4.39 Å². The first kappa shape index (κ1) is 35.1. The molecule has 2 atom stereocenters. The first-order chi connectivity index (χ1) is 22.7. The largest absolute Gasteiger partial charge is 0.481 e. The molecule has 3 aliphatic rings. The Hall–Kier alpha value is -3.26. The molecule has 0 spiro atoms. The Bertz CT molecular complexity index is 1680. The number of ether oxygens (including phenoxy) is 1. The molecule has 3 fully saturated rings. The number of nitrogen functional groups attached to an aromatic ring is 1. The zero-order valence-corrected chi connectivity index (χ0v) is 28.9. The highest BCUT2D eigenvalue weighted by atomic mass is 35.5. The summed E-state index contributed by atoms with van der Waals surface area (Å²) >= 11 is 7.76. The SMILES string of the molecule is CCC/C=C(/N=C(\c1cc(Cl)c(-c2ccc(F)c3sc(N)c(C#N)c23)c(F)c1C)N1CCCCCC1)OC.FC1CC2CCCN2C1. The van der Waals surface area contributed by atoms with E-state index in [1.165, 1.54) is 25.0 Å². The zero-order chi connectivity index (χ0) is 33.7. The van der Waals surface area contributed by atoms with Crippen LogP contribution in [0.2, 0.25) is 5.02 Å². The van der Waals surface area contributed by atoms with Crippen molar-refractivity contribution in [1.82, 2.24) is 9.80 Å². The van der Waals surface area contributed by atoms with Crippen LogP contribution in [0.5, 0.6) is 0 Å². The van der Waals surface area contributed by atoms with Crippen LogP contribution in [0.1, 0.15) is 81.4 Å². The lowest BCUT2D eigenvalue weighted by atomic mass is 9.94. The molecule has 0 saturated carbocycles. The van der Waals surface area contributed by atoms with E-state index in [2.05, 4.69) is 16.7 Å². The number of nitrogens with two attached hydrogens (primary N) is 1. The summed E-state index contributed by atoms with van der Waals surface area (Å²) in [7, 11) is 1.58. The molecule has 47 heavy (non-hydrogen) atoms. The summed E-state index contributed by atoms with van der Waals surface area (Å²) in [5.74, 6) is 0.0166. The number of aliphatic imine (C=N–C) groups is 1. The van der Waals surface area contributed by atoms with Crippen molar-refractivity contribution in [1.29, 1.82) is 5.26 Å². The van der Waals surface area contributed by atoms with E-state index in [1.54, 1.807) is 20.1 Å². The number of methoxy groups -OCH3 is 1. The highest BCUT2D eigenvalue weighted by Gasteiger charge is 2.34. The van der Waals surface area contributed by atoms with E-state index in [0.29, 0.717) is 41.0 Å². The quantitative estimate of drug-likeness (QED) is 0.159. The molecule has 6 nitrogen and oxygen atoms in total. The molecule has 0 aliphatic carbocycles. The second-order valence-corrected chi connectivity index (χ2v) is 13.9. The predicted octanol–water partition coefficient (Wildman–Crippen LogP) is 9.37. The van der Waals surface area contributed by atoms with Gasteiger partial charge in [0.2, 0.25) is 5.88 Å². The topological polar surface area (TPSA) is 77.9 Å². The molecular weight excluding hydrogens is 643 g/mol. The lowest BCUT2D eigenvalue weighted by molar-refractivity contribution is 0.284. The molecule has 252 valence electrons. The fraction of sp³-hybridized carbons (Fsp3) is 0.500. The van der Waals surface area contributed by atoms with Gasteiger partial charge in [0, 0.05) is 42.2 Å². The number of likely N-dealkylation sites (tertiary alicyclic amines) is 1. The molecule has 2 unspecified atom stereocenters. The summed E-state index contributed by atoms with van der Waals surface area (Å²) in [5.41, 5.74) is 7.49. The maximum Gasteiger partial charge on any atom is 0.210 e. The minimum Gasteiger partial charge on any atom is -0.481 e. The summed E-state index contributed by atoms with van der Waals surface area (Å²) in [5, 5.41) is 10.3. The van der Waals surface area contributed by atoms with Crippen LogP contribution in [-0.4, -0.2) is 61.1 Å². The van der Waals surface area contributed by atoms with Crippen LogP contribution >= 0.6 is 22.9 Å². The molecule has 0 amide bonds. The van der Waals surface area contributed by atoms with Gasteiger partial charge in [-0.2, -0.15) is 10.3 Å². The van der Waals surface area contributed by atoms with Crippen molar-refractivity contribution in [2.24, 2.45) is 4.99 Å². The van der Waals surface area contributed by atoms with Gasteiger partial charge in [0.25, 0.3) is 0 Å². The Morgan fingerprint density at radius 3 is 2.60 bits per heavy atom. The maximum absolute atomic E-state index is 16.3. The smallest absolute Gasteiger partial charge is 0.210 e. The van der Waals surface area contributed by atoms with Gasteiger partial charge >= 0.3 is 0 Å². The first-order valence-electron chi connectivity index (χ1n) is 16.5. The molecule has 11 heteroatoms. The zero-order valence-electron chi connectivity index (χ0n) is 27.4. The van der Waals surface area contributed by atoms with Crippen LogP contribution in [0.3, 0.4) is 0 Å². The lowest BCUT2D eigenvalue weighted by Gasteiger charge is -2.27. The van der Waals surface area contributed by atoms with Crippen molar-refractivity contribution in [3.05, 3.63) is 63.5 Å². The number of nitriles is 1. The average Bonchev–Trinajstić information content (AvgIpc) is 3.66. The van der Waals surface area contributed by atoms with E-state index in [9.17, 15) is 14.0 Å². The Labute approximate surface area is 284 Å². The van der Waals surface area contributed by atoms with Gasteiger partial charge in [0.1, 0.15) is 34.7 Å². The minimum atomic E-state index is -0.548. The number of unbranched alkanes of at least 4 members (excludes halogenated alkanes) is 1. The molecule has 2 aromatic carbocycles. The summed E-state index contributed by atoms with van der Waals surface area (Å²) < 4.78 is 49.3. The maximum atomic E-state index is 16.3. The summed E-state index contributed by atoms with van der Waals surface area (Å²) in [6.45, 7) is 7.21. The second-order valence-electron chi connectivity index (χ2n) is 12.5. The number of alkyl halides is 1. The van der Waals surface area contributed by atoms with Crippen molar-refractivity contribution in [3.8, 4) is 17.2 Å². The number of allylic oxidation sites excluding steroid dienone is 1.